The molecule has 0 amide bonds. The van der Waals surface area contributed by atoms with Gasteiger partial charge < -0.3 is 19.9 Å². The molecule has 4 rings (SSSR count). The van der Waals surface area contributed by atoms with Gasteiger partial charge in [-0.3, -0.25) is 5.10 Å². The van der Waals surface area contributed by atoms with Gasteiger partial charge in [-0.1, -0.05) is 12.1 Å². The first-order valence-corrected chi connectivity index (χ1v) is 9.19. The molecule has 0 spiro atoms. The zero-order valence-corrected chi connectivity index (χ0v) is 16.1. The number of nitrogens with two attached hydrogens (primary N) is 1. The highest BCUT2D eigenvalue weighted by Gasteiger charge is 2.35. The Hall–Kier alpha value is -3.92. The zero-order chi connectivity index (χ0) is 20.4. The number of nitrogens with zero attached hydrogens (tertiary/aromatic N) is 2. The molecule has 146 valence electrons. The van der Waals surface area contributed by atoms with Crippen LogP contribution in [0.2, 0.25) is 0 Å². The van der Waals surface area contributed by atoms with Crippen LogP contribution in [0.15, 0.2) is 60.0 Å². The van der Waals surface area contributed by atoms with Crippen LogP contribution in [0.3, 0.4) is 0 Å². The second-order valence-electron chi connectivity index (χ2n) is 6.47. The Balaban J connectivity index is 1.84. The maximum absolute atomic E-state index is 9.77. The molecule has 0 fully saturated rings. The zero-order valence-electron chi connectivity index (χ0n) is 16.1. The Kier molecular flexibility index (Phi) is 4.83. The Morgan fingerprint density at radius 2 is 1.83 bits per heavy atom. The third-order valence-electron chi connectivity index (χ3n) is 4.84. The molecule has 29 heavy (non-hydrogen) atoms. The van der Waals surface area contributed by atoms with Gasteiger partial charge in [0, 0.05) is 5.56 Å². The van der Waals surface area contributed by atoms with Gasteiger partial charge in [0.15, 0.2) is 0 Å². The van der Waals surface area contributed by atoms with Crippen LogP contribution in [0.1, 0.15) is 24.0 Å². The van der Waals surface area contributed by atoms with Crippen molar-refractivity contribution in [3.8, 4) is 34.7 Å². The highest BCUT2D eigenvalue weighted by atomic mass is 16.5. The lowest BCUT2D eigenvalue weighted by Gasteiger charge is -2.24. The van der Waals surface area contributed by atoms with Crippen molar-refractivity contribution in [3.05, 3.63) is 71.1 Å². The fourth-order valence-electron chi connectivity index (χ4n) is 3.48. The number of aromatic nitrogens is 2. The van der Waals surface area contributed by atoms with Crippen molar-refractivity contribution in [2.75, 3.05) is 13.7 Å². The van der Waals surface area contributed by atoms with E-state index in [0.29, 0.717) is 18.1 Å². The summed E-state index contributed by atoms with van der Waals surface area (Å²) < 4.78 is 16.4. The first kappa shape index (κ1) is 18.4. The van der Waals surface area contributed by atoms with E-state index in [1.165, 1.54) is 0 Å². The summed E-state index contributed by atoms with van der Waals surface area (Å²) in [4.78, 5) is 0. The monoisotopic (exact) mass is 388 g/mol. The van der Waals surface area contributed by atoms with E-state index in [-0.39, 0.29) is 5.88 Å². The minimum absolute atomic E-state index is 0.0607. The number of nitrogens with one attached hydrogen (secondary N) is 1. The number of hydrogen-bond donors (Lipinski definition) is 2. The lowest BCUT2D eigenvalue weighted by molar-refractivity contribution is 0.340. The topological polar surface area (TPSA) is 106 Å². The molecular weight excluding hydrogens is 368 g/mol. The molecule has 3 aromatic rings. The molecular formula is C22H20N4O3. The minimum atomic E-state index is -0.407. The van der Waals surface area contributed by atoms with Crippen molar-refractivity contribution in [2.45, 2.75) is 12.8 Å². The molecule has 3 N–H and O–H groups in total. The SMILES string of the molecule is CCOc1ccc(-c2[nH]nc3c2[C@@H](c2ccc(OC)cc2)C(C#N)=C(N)O3)cc1. The average Bonchev–Trinajstić information content (AvgIpc) is 3.17. The number of allylic oxidation sites excluding steroid dienone is 1. The fourth-order valence-corrected chi connectivity index (χ4v) is 3.48. The molecule has 0 unspecified atom stereocenters. The van der Waals surface area contributed by atoms with E-state index in [9.17, 15) is 5.26 Å². The van der Waals surface area contributed by atoms with Crippen LogP contribution in [-0.2, 0) is 0 Å². The summed E-state index contributed by atoms with van der Waals surface area (Å²) in [6.45, 7) is 2.54. The Bertz CT molecular complexity index is 1090. The third-order valence-corrected chi connectivity index (χ3v) is 4.84. The third kappa shape index (κ3) is 3.25. The molecule has 1 aliphatic heterocycles. The number of benzene rings is 2. The normalized spacial score (nSPS) is 15.3. The van der Waals surface area contributed by atoms with Gasteiger partial charge >= 0.3 is 0 Å². The van der Waals surface area contributed by atoms with Gasteiger partial charge in [-0.2, -0.15) is 5.26 Å². The van der Waals surface area contributed by atoms with E-state index in [1.54, 1.807) is 7.11 Å². The summed E-state index contributed by atoms with van der Waals surface area (Å²) in [5, 5.41) is 17.1. The van der Waals surface area contributed by atoms with Crippen molar-refractivity contribution in [2.24, 2.45) is 5.73 Å². The molecule has 2 heterocycles. The Labute approximate surface area is 168 Å². The second kappa shape index (κ2) is 7.60. The molecule has 1 aromatic heterocycles. The summed E-state index contributed by atoms with van der Waals surface area (Å²) in [7, 11) is 1.61. The van der Waals surface area contributed by atoms with Crippen LogP contribution in [0.25, 0.3) is 11.3 Å². The second-order valence-corrected chi connectivity index (χ2v) is 6.47. The van der Waals surface area contributed by atoms with E-state index < -0.39 is 5.92 Å². The standard InChI is InChI=1S/C22H20N4O3/c1-3-28-16-10-6-14(7-11-16)20-19-18(13-4-8-15(27-2)9-5-13)17(12-23)21(24)29-22(19)26-25-20/h4-11,18H,3,24H2,1-2H3,(H,25,26)/t18-/m0/s1. The van der Waals surface area contributed by atoms with Gasteiger partial charge in [0.25, 0.3) is 0 Å². The first-order valence-electron chi connectivity index (χ1n) is 9.19. The number of H-pyrrole nitrogens is 1. The Morgan fingerprint density at radius 1 is 1.14 bits per heavy atom. The van der Waals surface area contributed by atoms with Crippen LogP contribution in [0.5, 0.6) is 17.4 Å². The predicted octanol–water partition coefficient (Wildman–Crippen LogP) is 3.70. The van der Waals surface area contributed by atoms with Crippen molar-refractivity contribution in [3.63, 3.8) is 0 Å². The molecule has 7 nitrogen and oxygen atoms in total. The van der Waals surface area contributed by atoms with Gasteiger partial charge in [0.05, 0.1) is 30.9 Å². The highest BCUT2D eigenvalue weighted by Crippen LogP contribution is 2.45. The molecule has 0 bridgehead atoms. The highest BCUT2D eigenvalue weighted by molar-refractivity contribution is 5.71. The van der Waals surface area contributed by atoms with Crippen LogP contribution >= 0.6 is 0 Å². The van der Waals surface area contributed by atoms with Crippen LogP contribution in [0.4, 0.5) is 0 Å². The van der Waals surface area contributed by atoms with Crippen molar-refractivity contribution in [1.29, 1.82) is 5.26 Å². The largest absolute Gasteiger partial charge is 0.497 e. The van der Waals surface area contributed by atoms with Gasteiger partial charge in [0.1, 0.15) is 23.1 Å². The number of ether oxygens (including phenoxy) is 3. The van der Waals surface area contributed by atoms with Crippen LogP contribution in [0, 0.1) is 11.3 Å². The summed E-state index contributed by atoms with van der Waals surface area (Å²) in [5.41, 5.74) is 9.71. The van der Waals surface area contributed by atoms with Gasteiger partial charge in [-0.25, -0.2) is 0 Å². The smallest absolute Gasteiger partial charge is 0.244 e. The predicted molar refractivity (Wildman–Crippen MR) is 107 cm³/mol. The molecule has 0 radical (unpaired) electrons. The lowest BCUT2D eigenvalue weighted by atomic mass is 9.83. The minimum Gasteiger partial charge on any atom is -0.497 e. The quantitative estimate of drug-likeness (QED) is 0.690. The average molecular weight is 388 g/mol. The van der Waals surface area contributed by atoms with E-state index in [4.69, 9.17) is 19.9 Å². The van der Waals surface area contributed by atoms with E-state index in [2.05, 4.69) is 16.3 Å². The van der Waals surface area contributed by atoms with E-state index in [0.717, 1.165) is 33.9 Å². The number of fused-ring (bicyclic) bond motifs is 1. The molecule has 7 heteroatoms. The van der Waals surface area contributed by atoms with E-state index in [1.807, 2.05) is 55.5 Å². The number of nitriles is 1. The fraction of sp³-hybridized carbons (Fsp3) is 0.182. The molecule has 0 saturated heterocycles. The van der Waals surface area contributed by atoms with Gasteiger partial charge in [-0.05, 0) is 48.9 Å². The molecule has 2 aromatic carbocycles. The van der Waals surface area contributed by atoms with E-state index >= 15 is 0 Å². The number of aromatic amines is 1. The summed E-state index contributed by atoms with van der Waals surface area (Å²) >= 11 is 0. The van der Waals surface area contributed by atoms with Crippen molar-refractivity contribution in [1.82, 2.24) is 10.2 Å². The molecule has 1 atom stereocenters. The summed E-state index contributed by atoms with van der Waals surface area (Å²) in [5.74, 6) is 1.54. The van der Waals surface area contributed by atoms with Gasteiger partial charge in [-0.15, -0.1) is 5.10 Å². The van der Waals surface area contributed by atoms with Gasteiger partial charge in [0.2, 0.25) is 11.8 Å². The van der Waals surface area contributed by atoms with Crippen molar-refractivity contribution >= 4 is 0 Å². The van der Waals surface area contributed by atoms with Crippen molar-refractivity contribution < 1.29 is 14.2 Å². The summed E-state index contributed by atoms with van der Waals surface area (Å²) in [6, 6.07) is 17.4. The Morgan fingerprint density at radius 3 is 2.45 bits per heavy atom. The molecule has 0 aliphatic carbocycles. The van der Waals surface area contributed by atoms with Crippen LogP contribution in [-0.4, -0.2) is 23.9 Å². The maximum Gasteiger partial charge on any atom is 0.244 e. The number of hydrogen-bond acceptors (Lipinski definition) is 6. The summed E-state index contributed by atoms with van der Waals surface area (Å²) in [6.07, 6.45) is 0. The molecule has 0 saturated carbocycles. The maximum atomic E-state index is 9.77. The van der Waals surface area contributed by atoms with Crippen LogP contribution < -0.4 is 19.9 Å². The lowest BCUT2D eigenvalue weighted by Crippen LogP contribution is -2.20. The number of methoxy groups -OCH3 is 1. The first-order chi connectivity index (χ1) is 14.2. The number of rotatable bonds is 5. The molecule has 1 aliphatic rings.